The average molecular weight is 306 g/mol. The van der Waals surface area contributed by atoms with Gasteiger partial charge in [-0.2, -0.15) is 26.3 Å². The molecule has 1 aromatic carbocycles. The molecule has 0 unspecified atom stereocenters. The Morgan fingerprint density at radius 1 is 0.895 bits per heavy atom. The molecular formula is C10H8F6O2S. The van der Waals surface area contributed by atoms with E-state index in [4.69, 9.17) is 0 Å². The Balaban J connectivity index is 3.60. The van der Waals surface area contributed by atoms with E-state index in [-0.39, 0.29) is 18.2 Å². The largest absolute Gasteiger partial charge is 0.416 e. The Kier molecular flexibility index (Phi) is 3.91. The Morgan fingerprint density at radius 3 is 1.53 bits per heavy atom. The van der Waals surface area contributed by atoms with Gasteiger partial charge < -0.3 is 0 Å². The highest BCUT2D eigenvalue weighted by Crippen LogP contribution is 2.37. The van der Waals surface area contributed by atoms with Gasteiger partial charge in [-0.25, -0.2) is 8.42 Å². The highest BCUT2D eigenvalue weighted by Gasteiger charge is 2.38. The number of hydrogen-bond donors (Lipinski definition) is 0. The molecule has 0 radical (unpaired) electrons. The average Bonchev–Trinajstić information content (AvgIpc) is 2.26. The Hall–Kier alpha value is -1.25. The fraction of sp³-hybridized carbons (Fsp3) is 0.400. The first kappa shape index (κ1) is 15.8. The van der Waals surface area contributed by atoms with Crippen LogP contribution in [0.1, 0.15) is 18.1 Å². The summed E-state index contributed by atoms with van der Waals surface area (Å²) in [4.78, 5) is -0.989. The molecule has 108 valence electrons. The lowest BCUT2D eigenvalue weighted by molar-refractivity contribution is -0.143. The number of halogens is 6. The van der Waals surface area contributed by atoms with Crippen LogP contribution in [0, 0.1) is 0 Å². The summed E-state index contributed by atoms with van der Waals surface area (Å²) < 4.78 is 97.6. The third-order valence-corrected chi connectivity index (χ3v) is 4.01. The van der Waals surface area contributed by atoms with Crippen LogP contribution in [-0.4, -0.2) is 14.2 Å². The standard InChI is InChI=1S/C10H8F6O2S/c1-2-19(17,18)8-4-6(9(11,12)13)3-7(5-8)10(14,15)16/h3-5H,2H2,1H3. The van der Waals surface area contributed by atoms with Crippen molar-refractivity contribution in [2.24, 2.45) is 0 Å². The molecule has 0 atom stereocenters. The van der Waals surface area contributed by atoms with Crippen molar-refractivity contribution >= 4 is 9.84 Å². The maximum absolute atomic E-state index is 12.5. The summed E-state index contributed by atoms with van der Waals surface area (Å²) in [5.41, 5.74) is -3.29. The lowest BCUT2D eigenvalue weighted by atomic mass is 10.1. The number of sulfone groups is 1. The fourth-order valence-corrected chi connectivity index (χ4v) is 2.22. The van der Waals surface area contributed by atoms with Gasteiger partial charge in [0.25, 0.3) is 0 Å². The highest BCUT2D eigenvalue weighted by molar-refractivity contribution is 7.91. The van der Waals surface area contributed by atoms with E-state index in [1.165, 1.54) is 0 Å². The van der Waals surface area contributed by atoms with Gasteiger partial charge in [-0.05, 0) is 18.2 Å². The van der Waals surface area contributed by atoms with Crippen LogP contribution in [0.25, 0.3) is 0 Å². The molecule has 2 nitrogen and oxygen atoms in total. The van der Waals surface area contributed by atoms with Crippen LogP contribution in [0.2, 0.25) is 0 Å². The molecule has 0 heterocycles. The minimum atomic E-state index is -5.06. The van der Waals surface area contributed by atoms with Gasteiger partial charge in [0.05, 0.1) is 21.8 Å². The first-order valence-electron chi connectivity index (χ1n) is 4.90. The van der Waals surface area contributed by atoms with Gasteiger partial charge in [0.1, 0.15) is 0 Å². The van der Waals surface area contributed by atoms with E-state index in [1.54, 1.807) is 0 Å². The summed E-state index contributed by atoms with van der Waals surface area (Å²) in [7, 11) is -4.16. The molecule has 0 aliphatic carbocycles. The molecule has 9 heteroatoms. The monoisotopic (exact) mass is 306 g/mol. The fourth-order valence-electron chi connectivity index (χ4n) is 1.27. The van der Waals surface area contributed by atoms with Crippen molar-refractivity contribution in [1.82, 2.24) is 0 Å². The minimum absolute atomic E-state index is 0.116. The number of hydrogen-bond acceptors (Lipinski definition) is 2. The Morgan fingerprint density at radius 2 is 1.26 bits per heavy atom. The molecule has 1 aromatic rings. The SMILES string of the molecule is CCS(=O)(=O)c1cc(C(F)(F)F)cc(C(F)(F)F)c1. The normalized spacial score (nSPS) is 13.6. The smallest absolute Gasteiger partial charge is 0.224 e. The predicted octanol–water partition coefficient (Wildman–Crippen LogP) is 3.52. The van der Waals surface area contributed by atoms with E-state index in [2.05, 4.69) is 0 Å². The molecular weight excluding hydrogens is 298 g/mol. The molecule has 1 rings (SSSR count). The van der Waals surface area contributed by atoms with E-state index in [1.807, 2.05) is 0 Å². The molecule has 0 bridgehead atoms. The quantitative estimate of drug-likeness (QED) is 0.784. The maximum atomic E-state index is 12.5. The molecule has 0 saturated heterocycles. The second kappa shape index (κ2) is 4.69. The molecule has 0 saturated carbocycles. The molecule has 19 heavy (non-hydrogen) atoms. The number of alkyl halides is 6. The van der Waals surface area contributed by atoms with Crippen molar-refractivity contribution in [3.05, 3.63) is 29.3 Å². The second-order valence-corrected chi connectivity index (χ2v) is 5.92. The summed E-state index contributed by atoms with van der Waals surface area (Å²) in [5.74, 6) is -0.592. The first-order valence-corrected chi connectivity index (χ1v) is 6.55. The van der Waals surface area contributed by atoms with Crippen molar-refractivity contribution in [3.63, 3.8) is 0 Å². The molecule has 0 spiro atoms. The van der Waals surface area contributed by atoms with E-state index in [9.17, 15) is 34.8 Å². The molecule has 0 fully saturated rings. The van der Waals surface area contributed by atoms with Crippen molar-refractivity contribution < 1.29 is 34.8 Å². The molecule has 0 N–H and O–H groups in total. The zero-order chi connectivity index (χ0) is 15.1. The summed E-state index contributed by atoms with van der Waals surface area (Å²) in [6, 6.07) is 0.289. The van der Waals surface area contributed by atoms with Crippen LogP contribution in [-0.2, 0) is 22.2 Å². The van der Waals surface area contributed by atoms with Crippen molar-refractivity contribution in [3.8, 4) is 0 Å². The summed E-state index contributed by atoms with van der Waals surface area (Å²) >= 11 is 0. The third kappa shape index (κ3) is 3.62. The van der Waals surface area contributed by atoms with Crippen molar-refractivity contribution in [1.29, 1.82) is 0 Å². The van der Waals surface area contributed by atoms with Crippen LogP contribution in [0.5, 0.6) is 0 Å². The minimum Gasteiger partial charge on any atom is -0.224 e. The van der Waals surface area contributed by atoms with E-state index in [0.29, 0.717) is 0 Å². The van der Waals surface area contributed by atoms with E-state index in [0.717, 1.165) is 6.92 Å². The topological polar surface area (TPSA) is 34.1 Å². The molecule has 0 aromatic heterocycles. The van der Waals surface area contributed by atoms with Crippen LogP contribution >= 0.6 is 0 Å². The highest BCUT2D eigenvalue weighted by atomic mass is 32.2. The summed E-state index contributed by atoms with van der Waals surface area (Å²) in [6.45, 7) is 1.13. The lowest BCUT2D eigenvalue weighted by Gasteiger charge is -2.13. The first-order chi connectivity index (χ1) is 8.38. The van der Waals surface area contributed by atoms with Gasteiger partial charge in [-0.3, -0.25) is 0 Å². The molecule has 0 aliphatic rings. The van der Waals surface area contributed by atoms with Crippen LogP contribution in [0.15, 0.2) is 23.1 Å². The lowest BCUT2D eigenvalue weighted by Crippen LogP contribution is -2.14. The van der Waals surface area contributed by atoms with Gasteiger partial charge >= 0.3 is 12.4 Å². The number of rotatable bonds is 2. The second-order valence-electron chi connectivity index (χ2n) is 3.65. The van der Waals surface area contributed by atoms with Crippen LogP contribution in [0.4, 0.5) is 26.3 Å². The zero-order valence-electron chi connectivity index (χ0n) is 9.43. The van der Waals surface area contributed by atoms with Crippen molar-refractivity contribution in [2.75, 3.05) is 5.75 Å². The van der Waals surface area contributed by atoms with Crippen LogP contribution < -0.4 is 0 Å². The molecule has 0 amide bonds. The number of benzene rings is 1. The summed E-state index contributed by atoms with van der Waals surface area (Å²) in [5, 5.41) is 0. The van der Waals surface area contributed by atoms with Gasteiger partial charge in [-0.15, -0.1) is 0 Å². The van der Waals surface area contributed by atoms with Gasteiger partial charge in [0, 0.05) is 0 Å². The van der Waals surface area contributed by atoms with E-state index < -0.39 is 44.0 Å². The summed E-state index contributed by atoms with van der Waals surface area (Å²) in [6.07, 6.45) is -10.1. The molecule has 0 aliphatic heterocycles. The Labute approximate surface area is 105 Å². The van der Waals surface area contributed by atoms with Gasteiger partial charge in [-0.1, -0.05) is 6.92 Å². The zero-order valence-corrected chi connectivity index (χ0v) is 10.2. The Bertz CT molecular complexity index is 538. The van der Waals surface area contributed by atoms with Gasteiger partial charge in [0.15, 0.2) is 9.84 Å². The van der Waals surface area contributed by atoms with Gasteiger partial charge in [0.2, 0.25) is 0 Å². The third-order valence-electron chi connectivity index (χ3n) is 2.30. The van der Waals surface area contributed by atoms with E-state index >= 15 is 0 Å². The van der Waals surface area contributed by atoms with Crippen LogP contribution in [0.3, 0.4) is 0 Å². The van der Waals surface area contributed by atoms with Crippen molar-refractivity contribution in [2.45, 2.75) is 24.2 Å². The maximum Gasteiger partial charge on any atom is 0.416 e. The predicted molar refractivity (Wildman–Crippen MR) is 54.2 cm³/mol.